The molecular weight excluding hydrogens is 418 g/mol. The summed E-state index contributed by atoms with van der Waals surface area (Å²) < 4.78 is 80.7. The highest BCUT2D eigenvalue weighted by Crippen LogP contribution is 2.30. The molecule has 0 spiro atoms. The molecule has 0 aliphatic carbocycles. The predicted molar refractivity (Wildman–Crippen MR) is 96.3 cm³/mol. The third-order valence-corrected chi connectivity index (χ3v) is 4.47. The molecular formula is C17H19F4N3O4S. The summed E-state index contributed by atoms with van der Waals surface area (Å²) >= 11 is 0. The van der Waals surface area contributed by atoms with Gasteiger partial charge in [0, 0.05) is 5.56 Å². The van der Waals surface area contributed by atoms with Gasteiger partial charge in [0.1, 0.15) is 17.3 Å². The van der Waals surface area contributed by atoms with Crippen LogP contribution in [0.4, 0.5) is 17.6 Å². The van der Waals surface area contributed by atoms with E-state index in [4.69, 9.17) is 9.88 Å². The molecule has 1 aromatic heterocycles. The normalized spacial score (nSPS) is 12.8. The van der Waals surface area contributed by atoms with Gasteiger partial charge < -0.3 is 4.74 Å². The summed E-state index contributed by atoms with van der Waals surface area (Å²) in [5, 5.41) is 8.39. The Morgan fingerprint density at radius 2 is 1.83 bits per heavy atom. The van der Waals surface area contributed by atoms with Crippen LogP contribution in [-0.2, 0) is 16.6 Å². The van der Waals surface area contributed by atoms with Gasteiger partial charge in [0.25, 0.3) is 0 Å². The lowest BCUT2D eigenvalue weighted by atomic mass is 9.98. The molecule has 0 atom stereocenters. The van der Waals surface area contributed by atoms with Crippen molar-refractivity contribution in [1.29, 1.82) is 0 Å². The Morgan fingerprint density at radius 1 is 1.21 bits per heavy atom. The van der Waals surface area contributed by atoms with E-state index in [1.54, 1.807) is 20.8 Å². The van der Waals surface area contributed by atoms with Gasteiger partial charge in [-0.05, 0) is 23.1 Å². The molecule has 1 heterocycles. The first kappa shape index (κ1) is 22.8. The number of hydrogen-bond acceptors (Lipinski definition) is 5. The van der Waals surface area contributed by atoms with Gasteiger partial charge in [-0.2, -0.15) is 18.3 Å². The van der Waals surface area contributed by atoms with Crippen LogP contribution in [-0.4, -0.2) is 31.0 Å². The minimum absolute atomic E-state index is 0.0115. The van der Waals surface area contributed by atoms with E-state index in [-0.39, 0.29) is 22.4 Å². The van der Waals surface area contributed by atoms with Crippen LogP contribution >= 0.6 is 0 Å². The number of nitrogens with zero attached hydrogens (tertiary/aromatic N) is 2. The second kappa shape index (κ2) is 7.75. The van der Waals surface area contributed by atoms with Crippen molar-refractivity contribution in [2.45, 2.75) is 38.4 Å². The highest BCUT2D eigenvalue weighted by Gasteiger charge is 2.30. The summed E-state index contributed by atoms with van der Waals surface area (Å²) in [6.45, 7) is 3.69. The molecule has 2 N–H and O–H groups in total. The monoisotopic (exact) mass is 437 g/mol. The first-order chi connectivity index (χ1) is 13.1. The summed E-state index contributed by atoms with van der Waals surface area (Å²) in [5.41, 5.74) is -1.69. The van der Waals surface area contributed by atoms with Crippen LogP contribution < -0.4 is 15.4 Å². The van der Waals surface area contributed by atoms with Gasteiger partial charge >= 0.3 is 11.7 Å². The lowest BCUT2D eigenvalue weighted by molar-refractivity contribution is -0.143. The molecule has 0 unspecified atom stereocenters. The lowest BCUT2D eigenvalue weighted by Gasteiger charge is -2.20. The van der Waals surface area contributed by atoms with E-state index in [9.17, 15) is 30.8 Å². The van der Waals surface area contributed by atoms with Crippen molar-refractivity contribution >= 4 is 10.0 Å². The number of alkyl halides is 3. The number of ether oxygens (including phenoxy) is 1. The first-order valence-electron chi connectivity index (χ1n) is 8.21. The second-order valence-electron chi connectivity index (χ2n) is 7.50. The predicted octanol–water partition coefficient (Wildman–Crippen LogP) is 2.68. The maximum Gasteiger partial charge on any atom is 0.408 e. The lowest BCUT2D eigenvalue weighted by Crippen LogP contribution is -2.32. The molecule has 0 saturated carbocycles. The zero-order chi connectivity index (χ0) is 22.2. The van der Waals surface area contributed by atoms with Crippen LogP contribution in [0.1, 0.15) is 20.8 Å². The SMILES string of the molecule is CC(C)(C)COc1c(-c2ccc(S(N)(=O)=O)c(F)c2)cnn(CC(F)(F)F)c1=O. The number of rotatable bonds is 5. The van der Waals surface area contributed by atoms with Gasteiger partial charge in [-0.1, -0.05) is 26.8 Å². The second-order valence-corrected chi connectivity index (χ2v) is 9.03. The Bertz CT molecular complexity index is 1070. The molecule has 12 heteroatoms. The number of sulfonamides is 1. The molecule has 0 amide bonds. The number of aromatic nitrogens is 2. The molecule has 0 bridgehead atoms. The fourth-order valence-corrected chi connectivity index (χ4v) is 2.87. The van der Waals surface area contributed by atoms with Crippen molar-refractivity contribution in [1.82, 2.24) is 9.78 Å². The quantitative estimate of drug-likeness (QED) is 0.725. The van der Waals surface area contributed by atoms with E-state index in [1.807, 2.05) is 0 Å². The molecule has 7 nitrogen and oxygen atoms in total. The maximum absolute atomic E-state index is 14.2. The van der Waals surface area contributed by atoms with Crippen molar-refractivity contribution < 1.29 is 30.7 Å². The van der Waals surface area contributed by atoms with Gasteiger partial charge in [0.2, 0.25) is 10.0 Å². The third kappa shape index (κ3) is 6.00. The highest BCUT2D eigenvalue weighted by molar-refractivity contribution is 7.89. The average molecular weight is 437 g/mol. The molecule has 160 valence electrons. The topological polar surface area (TPSA) is 104 Å². The minimum Gasteiger partial charge on any atom is -0.487 e. The van der Waals surface area contributed by atoms with Crippen LogP contribution in [0.15, 0.2) is 34.1 Å². The van der Waals surface area contributed by atoms with Gasteiger partial charge in [-0.25, -0.2) is 22.6 Å². The number of halogens is 4. The van der Waals surface area contributed by atoms with E-state index in [0.29, 0.717) is 0 Å². The standard InChI is InChI=1S/C17H19F4N3O4S/c1-16(2,3)9-28-14-11(7-23-24(15(14)25)8-17(19,20)21)10-4-5-13(12(18)6-10)29(22,26)27/h4-7H,8-9H2,1-3H3,(H2,22,26,27). The molecule has 1 aromatic carbocycles. The summed E-state index contributed by atoms with van der Waals surface area (Å²) in [7, 11) is -4.32. The number of hydrogen-bond donors (Lipinski definition) is 1. The molecule has 29 heavy (non-hydrogen) atoms. The summed E-state index contributed by atoms with van der Waals surface area (Å²) in [5.74, 6) is -1.65. The van der Waals surface area contributed by atoms with Crippen LogP contribution in [0, 0.1) is 11.2 Å². The highest BCUT2D eigenvalue weighted by atomic mass is 32.2. The van der Waals surface area contributed by atoms with Crippen molar-refractivity contribution in [2.24, 2.45) is 10.6 Å². The van der Waals surface area contributed by atoms with Crippen LogP contribution in [0.25, 0.3) is 11.1 Å². The van der Waals surface area contributed by atoms with Crippen molar-refractivity contribution in [3.05, 3.63) is 40.6 Å². The van der Waals surface area contributed by atoms with E-state index in [1.165, 1.54) is 0 Å². The van der Waals surface area contributed by atoms with Crippen molar-refractivity contribution in [3.8, 4) is 16.9 Å². The summed E-state index contributed by atoms with van der Waals surface area (Å²) in [6, 6.07) is 2.82. The van der Waals surface area contributed by atoms with Gasteiger partial charge in [0.05, 0.1) is 12.8 Å². The van der Waals surface area contributed by atoms with Crippen molar-refractivity contribution in [2.75, 3.05) is 6.61 Å². The first-order valence-corrected chi connectivity index (χ1v) is 9.75. The van der Waals surface area contributed by atoms with Gasteiger partial charge in [0.15, 0.2) is 5.75 Å². The number of nitrogens with two attached hydrogens (primary N) is 1. The van der Waals surface area contributed by atoms with Gasteiger partial charge in [-0.15, -0.1) is 0 Å². The van der Waals surface area contributed by atoms with Crippen LogP contribution in [0.2, 0.25) is 0 Å². The van der Waals surface area contributed by atoms with Gasteiger partial charge in [-0.3, -0.25) is 4.79 Å². The Balaban J connectivity index is 2.63. The third-order valence-electron chi connectivity index (χ3n) is 3.53. The maximum atomic E-state index is 14.2. The van der Waals surface area contributed by atoms with Crippen LogP contribution in [0.5, 0.6) is 5.75 Å². The largest absolute Gasteiger partial charge is 0.487 e. The Morgan fingerprint density at radius 3 is 2.31 bits per heavy atom. The molecule has 0 aliphatic rings. The Kier molecular flexibility index (Phi) is 6.09. The Labute approximate surface area is 164 Å². The van der Waals surface area contributed by atoms with E-state index < -0.39 is 50.2 Å². The summed E-state index contributed by atoms with van der Waals surface area (Å²) in [6.07, 6.45) is -3.76. The average Bonchev–Trinajstić information content (AvgIpc) is 2.52. The fraction of sp³-hybridized carbons (Fsp3) is 0.412. The smallest absolute Gasteiger partial charge is 0.408 e. The molecule has 0 radical (unpaired) electrons. The number of primary sulfonamides is 1. The van der Waals surface area contributed by atoms with E-state index in [0.717, 1.165) is 24.4 Å². The summed E-state index contributed by atoms with van der Waals surface area (Å²) in [4.78, 5) is 11.8. The van der Waals surface area contributed by atoms with Crippen molar-refractivity contribution in [3.63, 3.8) is 0 Å². The molecule has 0 fully saturated rings. The van der Waals surface area contributed by atoms with E-state index in [2.05, 4.69) is 5.10 Å². The van der Waals surface area contributed by atoms with Crippen LogP contribution in [0.3, 0.4) is 0 Å². The fourth-order valence-electron chi connectivity index (χ4n) is 2.29. The number of benzene rings is 1. The molecule has 0 aliphatic heterocycles. The Hall–Kier alpha value is -2.47. The van der Waals surface area contributed by atoms with E-state index >= 15 is 0 Å². The zero-order valence-corrected chi connectivity index (χ0v) is 16.6. The molecule has 2 aromatic rings. The minimum atomic E-state index is -4.69. The zero-order valence-electron chi connectivity index (χ0n) is 15.7. The molecule has 0 saturated heterocycles. The molecule has 2 rings (SSSR count).